The molecule has 3 rings (SSSR count). The van der Waals surface area contributed by atoms with E-state index in [1.54, 1.807) is 32.6 Å². The van der Waals surface area contributed by atoms with E-state index >= 15 is 0 Å². The van der Waals surface area contributed by atoms with Crippen LogP contribution in [0.1, 0.15) is 12.2 Å². The number of rotatable bonds is 7. The van der Waals surface area contributed by atoms with E-state index in [-0.39, 0.29) is 48.3 Å². The molecule has 1 unspecified atom stereocenters. The summed E-state index contributed by atoms with van der Waals surface area (Å²) in [5.74, 6) is 1.39. The van der Waals surface area contributed by atoms with Crippen molar-refractivity contribution in [3.05, 3.63) is 48.3 Å². The number of aliphatic imine (C=N–C) groups is 1. The number of likely N-dealkylation sites (N-methyl/N-ethyl adjacent to an activating group) is 1. The molecule has 30 heavy (non-hydrogen) atoms. The minimum Gasteiger partial charge on any atom is -0.469 e. The summed E-state index contributed by atoms with van der Waals surface area (Å²) in [4.78, 5) is 23.9. The maximum Gasteiger partial charge on any atom is 0.243 e. The summed E-state index contributed by atoms with van der Waals surface area (Å²) in [6, 6.07) is 6.83. The van der Waals surface area contributed by atoms with Crippen LogP contribution in [0, 0.1) is 5.82 Å². The largest absolute Gasteiger partial charge is 0.469 e. The van der Waals surface area contributed by atoms with Gasteiger partial charge >= 0.3 is 0 Å². The second-order valence-corrected chi connectivity index (χ2v) is 7.09. The highest BCUT2D eigenvalue weighted by Gasteiger charge is 2.26. The maximum atomic E-state index is 14.0. The summed E-state index contributed by atoms with van der Waals surface area (Å²) in [6.07, 6.45) is 4.75. The van der Waals surface area contributed by atoms with Crippen molar-refractivity contribution in [2.24, 2.45) is 4.99 Å². The molecule has 10 heteroatoms. The number of anilines is 1. The lowest BCUT2D eigenvalue weighted by Gasteiger charge is -2.20. The third kappa shape index (κ3) is 6.85. The highest BCUT2D eigenvalue weighted by molar-refractivity contribution is 14.0. The average molecular weight is 530 g/mol. The first-order valence-corrected chi connectivity index (χ1v) is 9.66. The lowest BCUT2D eigenvalue weighted by molar-refractivity contribution is -0.127. The van der Waals surface area contributed by atoms with Gasteiger partial charge in [0.2, 0.25) is 5.91 Å². The molecule has 1 saturated heterocycles. The van der Waals surface area contributed by atoms with Crippen LogP contribution in [0.3, 0.4) is 0 Å². The van der Waals surface area contributed by atoms with E-state index in [4.69, 9.17) is 4.42 Å². The number of furan rings is 1. The Morgan fingerprint density at radius 3 is 2.93 bits per heavy atom. The molecule has 2 aromatic heterocycles. The van der Waals surface area contributed by atoms with Crippen LogP contribution in [0.15, 0.2) is 46.1 Å². The van der Waals surface area contributed by atoms with Gasteiger partial charge in [0.05, 0.1) is 6.26 Å². The van der Waals surface area contributed by atoms with Crippen LogP contribution < -0.4 is 15.5 Å². The zero-order valence-corrected chi connectivity index (χ0v) is 19.5. The number of carbonyl (C=O) groups excluding carboxylic acids is 1. The Balaban J connectivity index is 0.00000320. The number of amides is 1. The molecular weight excluding hydrogens is 502 g/mol. The first-order chi connectivity index (χ1) is 14.0. The molecule has 1 fully saturated rings. The predicted octanol–water partition coefficient (Wildman–Crippen LogP) is 1.88. The van der Waals surface area contributed by atoms with Crippen LogP contribution in [0.2, 0.25) is 0 Å². The standard InChI is InChI=1S/C20H27FN6O2.HI/c1-26(2)18(28)13-24-20(23-10-7-16-5-4-12-29-16)25-15-8-11-27(14-15)19-17(21)6-3-9-22-19;/h3-6,9,12,15H,7-8,10-11,13-14H2,1-2H3,(H2,23,24,25);1H. The van der Waals surface area contributed by atoms with Gasteiger partial charge in [-0.1, -0.05) is 0 Å². The summed E-state index contributed by atoms with van der Waals surface area (Å²) in [7, 11) is 3.40. The molecule has 2 aromatic rings. The molecule has 1 aliphatic rings. The quantitative estimate of drug-likeness (QED) is 0.323. The van der Waals surface area contributed by atoms with Crippen molar-refractivity contribution in [1.29, 1.82) is 0 Å². The number of hydrogen-bond acceptors (Lipinski definition) is 5. The number of pyridine rings is 1. The summed E-state index contributed by atoms with van der Waals surface area (Å²) in [6.45, 7) is 1.96. The smallest absolute Gasteiger partial charge is 0.243 e. The van der Waals surface area contributed by atoms with E-state index in [2.05, 4.69) is 20.6 Å². The van der Waals surface area contributed by atoms with E-state index in [1.165, 1.54) is 11.0 Å². The second kappa shape index (κ2) is 11.7. The molecule has 0 bridgehead atoms. The fourth-order valence-corrected chi connectivity index (χ4v) is 3.07. The summed E-state index contributed by atoms with van der Waals surface area (Å²) in [5.41, 5.74) is 0. The van der Waals surface area contributed by atoms with Gasteiger partial charge in [0.1, 0.15) is 12.3 Å². The highest BCUT2D eigenvalue weighted by atomic mass is 127. The van der Waals surface area contributed by atoms with Gasteiger partial charge < -0.3 is 24.9 Å². The summed E-state index contributed by atoms with van der Waals surface area (Å²) >= 11 is 0. The highest BCUT2D eigenvalue weighted by Crippen LogP contribution is 2.20. The molecule has 1 amide bonds. The summed E-state index contributed by atoms with van der Waals surface area (Å²) in [5, 5.41) is 6.60. The zero-order valence-electron chi connectivity index (χ0n) is 17.2. The van der Waals surface area contributed by atoms with Crippen molar-refractivity contribution < 1.29 is 13.6 Å². The first kappa shape index (κ1) is 23.9. The Labute approximate surface area is 192 Å². The van der Waals surface area contributed by atoms with Crippen molar-refractivity contribution in [3.8, 4) is 0 Å². The van der Waals surface area contributed by atoms with Crippen molar-refractivity contribution in [2.45, 2.75) is 18.9 Å². The van der Waals surface area contributed by atoms with E-state index in [9.17, 15) is 9.18 Å². The molecule has 2 N–H and O–H groups in total. The molecule has 1 aliphatic heterocycles. The second-order valence-electron chi connectivity index (χ2n) is 7.09. The van der Waals surface area contributed by atoms with Gasteiger partial charge in [-0.2, -0.15) is 0 Å². The van der Waals surface area contributed by atoms with Crippen molar-refractivity contribution in [2.75, 3.05) is 45.2 Å². The topological polar surface area (TPSA) is 86.0 Å². The lowest BCUT2D eigenvalue weighted by Crippen LogP contribution is -2.45. The van der Waals surface area contributed by atoms with Gasteiger partial charge in [-0.05, 0) is 30.7 Å². The van der Waals surface area contributed by atoms with Gasteiger partial charge in [-0.25, -0.2) is 14.4 Å². The number of hydrogen-bond donors (Lipinski definition) is 2. The molecular formula is C20H28FIN6O2. The van der Waals surface area contributed by atoms with Crippen LogP contribution in [0.4, 0.5) is 10.2 Å². The van der Waals surface area contributed by atoms with Crippen LogP contribution >= 0.6 is 24.0 Å². The Morgan fingerprint density at radius 1 is 1.40 bits per heavy atom. The third-order valence-corrected chi connectivity index (χ3v) is 4.68. The maximum absolute atomic E-state index is 14.0. The molecule has 0 aliphatic carbocycles. The number of carbonyl (C=O) groups is 1. The minimum absolute atomic E-state index is 0. The van der Waals surface area contributed by atoms with Gasteiger partial charge in [0.25, 0.3) is 0 Å². The van der Waals surface area contributed by atoms with E-state index in [0.717, 1.165) is 12.2 Å². The molecule has 0 spiro atoms. The zero-order chi connectivity index (χ0) is 20.6. The Hall–Kier alpha value is -2.37. The normalized spacial score (nSPS) is 16.2. The van der Waals surface area contributed by atoms with Crippen molar-refractivity contribution in [3.63, 3.8) is 0 Å². The third-order valence-electron chi connectivity index (χ3n) is 4.68. The molecule has 164 valence electrons. The number of halogens is 2. The van der Waals surface area contributed by atoms with Crippen LogP contribution in [-0.2, 0) is 11.2 Å². The fraction of sp³-hybridized carbons (Fsp3) is 0.450. The van der Waals surface area contributed by atoms with Crippen LogP contribution in [0.5, 0.6) is 0 Å². The monoisotopic (exact) mass is 530 g/mol. The Bertz CT molecular complexity index is 830. The number of aromatic nitrogens is 1. The van der Waals surface area contributed by atoms with Gasteiger partial charge in [-0.3, -0.25) is 4.79 Å². The Kier molecular flexibility index (Phi) is 9.34. The number of nitrogens with zero attached hydrogens (tertiary/aromatic N) is 4. The Morgan fingerprint density at radius 2 is 2.23 bits per heavy atom. The SMILES string of the molecule is CN(C)C(=O)CN=C(NCCc1ccco1)NC1CCN(c2ncccc2F)C1.I. The minimum atomic E-state index is -0.324. The van der Waals surface area contributed by atoms with E-state index in [0.29, 0.717) is 37.8 Å². The van der Waals surface area contributed by atoms with Gasteiger partial charge in [-0.15, -0.1) is 24.0 Å². The van der Waals surface area contributed by atoms with Gasteiger partial charge in [0.15, 0.2) is 17.6 Å². The molecule has 0 saturated carbocycles. The van der Waals surface area contributed by atoms with Gasteiger partial charge in [0, 0.05) is 52.4 Å². The van der Waals surface area contributed by atoms with Crippen LogP contribution in [-0.4, -0.2) is 68.1 Å². The summed E-state index contributed by atoms with van der Waals surface area (Å²) < 4.78 is 19.3. The lowest BCUT2D eigenvalue weighted by atomic mass is 10.3. The van der Waals surface area contributed by atoms with E-state index in [1.807, 2.05) is 17.0 Å². The number of guanidine groups is 1. The molecule has 0 radical (unpaired) electrons. The number of nitrogens with one attached hydrogen (secondary N) is 2. The molecule has 3 heterocycles. The molecule has 1 atom stereocenters. The van der Waals surface area contributed by atoms with Crippen molar-refractivity contribution >= 4 is 41.7 Å². The fourth-order valence-electron chi connectivity index (χ4n) is 3.07. The van der Waals surface area contributed by atoms with Crippen molar-refractivity contribution in [1.82, 2.24) is 20.5 Å². The molecule has 0 aromatic carbocycles. The predicted molar refractivity (Wildman–Crippen MR) is 125 cm³/mol. The van der Waals surface area contributed by atoms with E-state index < -0.39 is 0 Å². The van der Waals surface area contributed by atoms with Crippen LogP contribution in [0.25, 0.3) is 0 Å². The first-order valence-electron chi connectivity index (χ1n) is 9.66. The molecule has 8 nitrogen and oxygen atoms in total. The average Bonchev–Trinajstić information content (AvgIpc) is 3.38.